The molecular formula is C17H12FN3O3S. The van der Waals surface area contributed by atoms with Gasteiger partial charge in [0.2, 0.25) is 0 Å². The SMILES string of the molecule is COc1ccc(-n2cnc3c(sc4nccc(OC)c43)c2=O)cc1F. The van der Waals surface area contributed by atoms with Crippen molar-refractivity contribution in [3.05, 3.63) is 53.0 Å². The Bertz CT molecular complexity index is 1170. The predicted octanol–water partition coefficient (Wildman–Crippen LogP) is 3.15. The van der Waals surface area contributed by atoms with Crippen LogP contribution in [0.15, 0.2) is 41.6 Å². The number of benzene rings is 1. The van der Waals surface area contributed by atoms with Gasteiger partial charge in [-0.25, -0.2) is 14.4 Å². The van der Waals surface area contributed by atoms with Crippen molar-refractivity contribution in [2.75, 3.05) is 14.2 Å². The fourth-order valence-electron chi connectivity index (χ4n) is 2.68. The quantitative estimate of drug-likeness (QED) is 0.563. The van der Waals surface area contributed by atoms with E-state index in [1.54, 1.807) is 25.4 Å². The molecule has 4 rings (SSSR count). The topological polar surface area (TPSA) is 66.2 Å². The minimum absolute atomic E-state index is 0.113. The van der Waals surface area contributed by atoms with Gasteiger partial charge in [-0.05, 0) is 18.2 Å². The summed E-state index contributed by atoms with van der Waals surface area (Å²) < 4.78 is 25.9. The summed E-state index contributed by atoms with van der Waals surface area (Å²) in [6.07, 6.45) is 3.00. The molecule has 0 atom stereocenters. The summed E-state index contributed by atoms with van der Waals surface area (Å²) in [4.78, 5) is 22.2. The van der Waals surface area contributed by atoms with E-state index < -0.39 is 5.82 Å². The molecule has 0 aliphatic rings. The first-order valence-electron chi connectivity index (χ1n) is 7.31. The molecule has 0 aliphatic heterocycles. The number of hydrogen-bond acceptors (Lipinski definition) is 6. The van der Waals surface area contributed by atoms with Crippen LogP contribution in [0.1, 0.15) is 0 Å². The van der Waals surface area contributed by atoms with Gasteiger partial charge < -0.3 is 9.47 Å². The van der Waals surface area contributed by atoms with Crippen LogP contribution in [-0.2, 0) is 0 Å². The molecule has 3 heterocycles. The predicted molar refractivity (Wildman–Crippen MR) is 93.6 cm³/mol. The summed E-state index contributed by atoms with van der Waals surface area (Å²) in [6.45, 7) is 0. The van der Waals surface area contributed by atoms with Gasteiger partial charge in [0.1, 0.15) is 27.1 Å². The number of halogens is 1. The van der Waals surface area contributed by atoms with Gasteiger partial charge in [0.05, 0.1) is 25.3 Å². The van der Waals surface area contributed by atoms with E-state index in [1.807, 2.05) is 0 Å². The molecule has 3 aromatic heterocycles. The zero-order valence-electron chi connectivity index (χ0n) is 13.3. The van der Waals surface area contributed by atoms with Crippen molar-refractivity contribution in [1.29, 1.82) is 0 Å². The molecule has 0 saturated heterocycles. The average molecular weight is 357 g/mol. The standard InChI is InChI=1S/C17H12FN3O3S/c1-23-11-4-3-9(7-10(11)18)21-8-20-14-13-12(24-2)5-6-19-16(13)25-15(14)17(21)22/h3-8H,1-2H3. The van der Waals surface area contributed by atoms with Gasteiger partial charge in [0.25, 0.3) is 5.56 Å². The molecule has 8 heteroatoms. The molecule has 126 valence electrons. The van der Waals surface area contributed by atoms with E-state index in [0.717, 1.165) is 0 Å². The van der Waals surface area contributed by atoms with Gasteiger partial charge in [-0.2, -0.15) is 0 Å². The van der Waals surface area contributed by atoms with Crippen molar-refractivity contribution in [3.8, 4) is 17.2 Å². The number of nitrogens with zero attached hydrogens (tertiary/aromatic N) is 3. The lowest BCUT2D eigenvalue weighted by Gasteiger charge is -2.07. The maximum atomic E-state index is 14.0. The summed E-state index contributed by atoms with van der Waals surface area (Å²) in [7, 11) is 2.94. The van der Waals surface area contributed by atoms with Crippen molar-refractivity contribution in [1.82, 2.24) is 14.5 Å². The second-order valence-electron chi connectivity index (χ2n) is 5.21. The number of ether oxygens (including phenoxy) is 2. The molecule has 0 unspecified atom stereocenters. The van der Waals surface area contributed by atoms with Crippen LogP contribution in [0, 0.1) is 5.82 Å². The summed E-state index contributed by atoms with van der Waals surface area (Å²) in [5.41, 5.74) is 0.606. The van der Waals surface area contributed by atoms with E-state index in [9.17, 15) is 9.18 Å². The van der Waals surface area contributed by atoms with Gasteiger partial charge in [0.15, 0.2) is 11.6 Å². The van der Waals surface area contributed by atoms with E-state index in [1.165, 1.54) is 41.5 Å². The highest BCUT2D eigenvalue weighted by molar-refractivity contribution is 7.25. The smallest absolute Gasteiger partial charge is 0.275 e. The van der Waals surface area contributed by atoms with Crippen LogP contribution in [-0.4, -0.2) is 28.8 Å². The minimum atomic E-state index is -0.549. The van der Waals surface area contributed by atoms with Crippen molar-refractivity contribution in [2.45, 2.75) is 0 Å². The lowest BCUT2D eigenvalue weighted by Crippen LogP contribution is -2.17. The third-order valence-electron chi connectivity index (χ3n) is 3.88. The molecular weight excluding hydrogens is 345 g/mol. The molecule has 0 saturated carbocycles. The lowest BCUT2D eigenvalue weighted by molar-refractivity contribution is 0.386. The second kappa shape index (κ2) is 5.82. The molecule has 4 aromatic rings. The zero-order chi connectivity index (χ0) is 17.6. The van der Waals surface area contributed by atoms with Gasteiger partial charge >= 0.3 is 0 Å². The Labute approximate surface area is 145 Å². The lowest BCUT2D eigenvalue weighted by atomic mass is 10.2. The number of hydrogen-bond donors (Lipinski definition) is 0. The van der Waals surface area contributed by atoms with Crippen molar-refractivity contribution >= 4 is 31.8 Å². The fourth-order valence-corrected chi connectivity index (χ4v) is 3.73. The Kier molecular flexibility index (Phi) is 3.61. The Morgan fingerprint density at radius 2 is 1.92 bits per heavy atom. The molecule has 0 amide bonds. The van der Waals surface area contributed by atoms with Crippen LogP contribution in [0.2, 0.25) is 0 Å². The molecule has 6 nitrogen and oxygen atoms in total. The monoisotopic (exact) mass is 357 g/mol. The van der Waals surface area contributed by atoms with Gasteiger partial charge in [0, 0.05) is 12.3 Å². The molecule has 25 heavy (non-hydrogen) atoms. The van der Waals surface area contributed by atoms with E-state index in [-0.39, 0.29) is 11.3 Å². The summed E-state index contributed by atoms with van der Waals surface area (Å²) in [5, 5.41) is 0.704. The number of aromatic nitrogens is 3. The number of rotatable bonds is 3. The average Bonchev–Trinajstić information content (AvgIpc) is 3.02. The number of methoxy groups -OCH3 is 2. The highest BCUT2D eigenvalue weighted by Gasteiger charge is 2.17. The van der Waals surface area contributed by atoms with E-state index in [0.29, 0.717) is 31.9 Å². The number of fused-ring (bicyclic) bond motifs is 3. The van der Waals surface area contributed by atoms with Crippen LogP contribution < -0.4 is 15.0 Å². The molecule has 0 aliphatic carbocycles. The largest absolute Gasteiger partial charge is 0.496 e. The summed E-state index contributed by atoms with van der Waals surface area (Å²) in [5.74, 6) is 0.171. The van der Waals surface area contributed by atoms with Crippen LogP contribution in [0.25, 0.3) is 26.1 Å². The third kappa shape index (κ3) is 2.33. The Morgan fingerprint density at radius 3 is 2.64 bits per heavy atom. The van der Waals surface area contributed by atoms with E-state index in [4.69, 9.17) is 9.47 Å². The summed E-state index contributed by atoms with van der Waals surface area (Å²) >= 11 is 1.23. The maximum absolute atomic E-state index is 14.0. The van der Waals surface area contributed by atoms with Gasteiger partial charge in [-0.15, -0.1) is 11.3 Å². The van der Waals surface area contributed by atoms with Crippen molar-refractivity contribution < 1.29 is 13.9 Å². The highest BCUT2D eigenvalue weighted by atomic mass is 32.1. The number of pyridine rings is 1. The van der Waals surface area contributed by atoms with E-state index in [2.05, 4.69) is 9.97 Å². The fraction of sp³-hybridized carbons (Fsp3) is 0.118. The summed E-state index contributed by atoms with van der Waals surface area (Å²) in [6, 6.07) is 6.03. The molecule has 0 N–H and O–H groups in total. The minimum Gasteiger partial charge on any atom is -0.496 e. The Morgan fingerprint density at radius 1 is 1.12 bits per heavy atom. The molecule has 0 spiro atoms. The second-order valence-corrected chi connectivity index (χ2v) is 6.21. The van der Waals surface area contributed by atoms with Crippen LogP contribution in [0.5, 0.6) is 11.5 Å². The third-order valence-corrected chi connectivity index (χ3v) is 4.95. The van der Waals surface area contributed by atoms with Crippen LogP contribution in [0.3, 0.4) is 0 Å². The first-order valence-corrected chi connectivity index (χ1v) is 8.12. The van der Waals surface area contributed by atoms with Crippen molar-refractivity contribution in [3.63, 3.8) is 0 Å². The molecule has 0 fully saturated rings. The molecule has 0 radical (unpaired) electrons. The first-order chi connectivity index (χ1) is 12.1. The molecule has 0 bridgehead atoms. The van der Waals surface area contributed by atoms with Crippen LogP contribution >= 0.6 is 11.3 Å². The normalized spacial score (nSPS) is 11.2. The first kappa shape index (κ1) is 15.5. The van der Waals surface area contributed by atoms with Gasteiger partial charge in [-0.3, -0.25) is 9.36 Å². The zero-order valence-corrected chi connectivity index (χ0v) is 14.1. The van der Waals surface area contributed by atoms with Crippen molar-refractivity contribution in [2.24, 2.45) is 0 Å². The Hall–Kier alpha value is -3.00. The molecule has 1 aromatic carbocycles. The van der Waals surface area contributed by atoms with E-state index >= 15 is 0 Å². The number of thiophene rings is 1. The maximum Gasteiger partial charge on any atom is 0.275 e. The van der Waals surface area contributed by atoms with Crippen LogP contribution in [0.4, 0.5) is 4.39 Å². The van der Waals surface area contributed by atoms with Gasteiger partial charge in [-0.1, -0.05) is 0 Å². The highest BCUT2D eigenvalue weighted by Crippen LogP contribution is 2.35. The Balaban J connectivity index is 1.99.